The van der Waals surface area contributed by atoms with Crippen LogP contribution in [0, 0.1) is 20.8 Å². The fraction of sp³-hybridized carbons (Fsp3) is 0.250. The SMILES string of the molecule is Cc1cc(C)c(/C=N/NC(=O)C(N)=O)c(C)c1. The summed E-state index contributed by atoms with van der Waals surface area (Å²) in [7, 11) is 0. The normalized spacial score (nSPS) is 10.5. The molecule has 0 aliphatic carbocycles. The lowest BCUT2D eigenvalue weighted by atomic mass is 10.0. The van der Waals surface area contributed by atoms with Gasteiger partial charge >= 0.3 is 11.8 Å². The lowest BCUT2D eigenvalue weighted by Gasteiger charge is -2.06. The number of carbonyl (C=O) groups is 2. The molecule has 0 atom stereocenters. The zero-order chi connectivity index (χ0) is 13.0. The smallest absolute Gasteiger partial charge is 0.329 e. The van der Waals surface area contributed by atoms with Gasteiger partial charge in [-0.25, -0.2) is 5.43 Å². The molecule has 1 aromatic carbocycles. The van der Waals surface area contributed by atoms with E-state index in [1.54, 1.807) is 0 Å². The Hall–Kier alpha value is -2.17. The second-order valence-electron chi connectivity index (χ2n) is 3.88. The number of primary amides is 1. The standard InChI is InChI=1S/C12H15N3O2/c1-7-4-8(2)10(9(3)5-7)6-14-15-12(17)11(13)16/h4-6H,1-3H3,(H2,13,16)(H,15,17)/b14-6+. The molecule has 0 fully saturated rings. The molecule has 0 heterocycles. The monoisotopic (exact) mass is 233 g/mol. The Morgan fingerprint density at radius 1 is 1.24 bits per heavy atom. The minimum atomic E-state index is -1.06. The maximum absolute atomic E-state index is 10.9. The van der Waals surface area contributed by atoms with E-state index in [4.69, 9.17) is 5.73 Å². The third-order valence-corrected chi connectivity index (χ3v) is 2.32. The van der Waals surface area contributed by atoms with Gasteiger partial charge < -0.3 is 5.73 Å². The molecule has 0 saturated carbocycles. The van der Waals surface area contributed by atoms with Gasteiger partial charge in [0.1, 0.15) is 0 Å². The predicted octanol–water partition coefficient (Wildman–Crippen LogP) is 0.547. The molecule has 0 aliphatic rings. The van der Waals surface area contributed by atoms with E-state index in [1.165, 1.54) is 11.8 Å². The lowest BCUT2D eigenvalue weighted by molar-refractivity contribution is -0.137. The molecule has 90 valence electrons. The van der Waals surface area contributed by atoms with E-state index in [0.717, 1.165) is 16.7 Å². The molecule has 5 nitrogen and oxygen atoms in total. The van der Waals surface area contributed by atoms with E-state index in [9.17, 15) is 9.59 Å². The summed E-state index contributed by atoms with van der Waals surface area (Å²) in [6.07, 6.45) is 1.50. The molecule has 3 N–H and O–H groups in total. The quantitative estimate of drug-likeness (QED) is 0.444. The number of nitrogens with one attached hydrogen (secondary N) is 1. The van der Waals surface area contributed by atoms with Gasteiger partial charge in [-0.05, 0) is 31.9 Å². The van der Waals surface area contributed by atoms with Crippen LogP contribution >= 0.6 is 0 Å². The average Bonchev–Trinajstić information content (AvgIpc) is 2.21. The van der Waals surface area contributed by atoms with E-state index in [1.807, 2.05) is 32.9 Å². The summed E-state index contributed by atoms with van der Waals surface area (Å²) in [5, 5.41) is 3.69. The molecule has 0 unspecified atom stereocenters. The number of hydrogen-bond donors (Lipinski definition) is 2. The maximum Gasteiger partial charge on any atom is 0.329 e. The highest BCUT2D eigenvalue weighted by Crippen LogP contribution is 2.13. The summed E-state index contributed by atoms with van der Waals surface area (Å²) in [6.45, 7) is 5.92. The number of nitrogens with zero attached hydrogens (tertiary/aromatic N) is 1. The predicted molar refractivity (Wildman–Crippen MR) is 65.6 cm³/mol. The summed E-state index contributed by atoms with van der Waals surface area (Å²) < 4.78 is 0. The molecule has 0 radical (unpaired) electrons. The lowest BCUT2D eigenvalue weighted by Crippen LogP contribution is -2.32. The van der Waals surface area contributed by atoms with Crippen LogP contribution in [-0.4, -0.2) is 18.0 Å². The summed E-state index contributed by atoms with van der Waals surface area (Å²) in [6, 6.07) is 4.04. The fourth-order valence-electron chi connectivity index (χ4n) is 1.61. The van der Waals surface area contributed by atoms with Crippen LogP contribution in [0.15, 0.2) is 17.2 Å². The van der Waals surface area contributed by atoms with Gasteiger partial charge in [0.15, 0.2) is 0 Å². The van der Waals surface area contributed by atoms with Gasteiger partial charge in [-0.2, -0.15) is 5.10 Å². The molecule has 0 aliphatic heterocycles. The van der Waals surface area contributed by atoms with Gasteiger partial charge in [-0.15, -0.1) is 0 Å². The zero-order valence-corrected chi connectivity index (χ0v) is 10.1. The van der Waals surface area contributed by atoms with Crippen molar-refractivity contribution in [3.8, 4) is 0 Å². The Kier molecular flexibility index (Phi) is 3.98. The van der Waals surface area contributed by atoms with Crippen LogP contribution in [-0.2, 0) is 9.59 Å². The highest BCUT2D eigenvalue weighted by Gasteiger charge is 2.06. The molecule has 0 spiro atoms. The molecule has 1 aromatic rings. The number of nitrogens with two attached hydrogens (primary N) is 1. The topological polar surface area (TPSA) is 84.6 Å². The summed E-state index contributed by atoms with van der Waals surface area (Å²) in [5.74, 6) is -1.98. The van der Waals surface area contributed by atoms with Crippen LogP contribution in [0.2, 0.25) is 0 Å². The van der Waals surface area contributed by atoms with E-state index in [-0.39, 0.29) is 0 Å². The molecular formula is C12H15N3O2. The zero-order valence-electron chi connectivity index (χ0n) is 10.1. The third-order valence-electron chi connectivity index (χ3n) is 2.32. The minimum Gasteiger partial charge on any atom is -0.361 e. The first kappa shape index (κ1) is 12.9. The van der Waals surface area contributed by atoms with Gasteiger partial charge in [-0.3, -0.25) is 9.59 Å². The Morgan fingerprint density at radius 3 is 2.24 bits per heavy atom. The molecule has 5 heteroatoms. The van der Waals surface area contributed by atoms with Crippen molar-refractivity contribution in [1.82, 2.24) is 5.43 Å². The van der Waals surface area contributed by atoms with E-state index >= 15 is 0 Å². The van der Waals surface area contributed by atoms with Crippen molar-refractivity contribution < 1.29 is 9.59 Å². The van der Waals surface area contributed by atoms with Crippen molar-refractivity contribution in [2.24, 2.45) is 10.8 Å². The van der Waals surface area contributed by atoms with E-state index in [0.29, 0.717) is 0 Å². The van der Waals surface area contributed by atoms with Crippen LogP contribution in [0.5, 0.6) is 0 Å². The average molecular weight is 233 g/mol. The fourth-order valence-corrected chi connectivity index (χ4v) is 1.61. The minimum absolute atomic E-state index is 0.917. The third kappa shape index (κ3) is 3.41. The molecular weight excluding hydrogens is 218 g/mol. The maximum atomic E-state index is 10.9. The molecule has 2 amide bonds. The van der Waals surface area contributed by atoms with Crippen molar-refractivity contribution in [3.05, 3.63) is 34.4 Å². The van der Waals surface area contributed by atoms with Crippen LogP contribution < -0.4 is 11.2 Å². The van der Waals surface area contributed by atoms with Crippen molar-refractivity contribution >= 4 is 18.0 Å². The highest BCUT2D eigenvalue weighted by atomic mass is 16.2. The van der Waals surface area contributed by atoms with Crippen LogP contribution in [0.4, 0.5) is 0 Å². The van der Waals surface area contributed by atoms with Crippen LogP contribution in [0.25, 0.3) is 0 Å². The van der Waals surface area contributed by atoms with Crippen molar-refractivity contribution in [3.63, 3.8) is 0 Å². The number of hydrogen-bond acceptors (Lipinski definition) is 3. The number of aryl methyl sites for hydroxylation is 3. The highest BCUT2D eigenvalue weighted by molar-refractivity contribution is 6.34. The van der Waals surface area contributed by atoms with E-state index < -0.39 is 11.8 Å². The van der Waals surface area contributed by atoms with E-state index in [2.05, 4.69) is 10.5 Å². The number of amides is 2. The molecule has 17 heavy (non-hydrogen) atoms. The first-order valence-electron chi connectivity index (χ1n) is 5.12. The Morgan fingerprint density at radius 2 is 1.76 bits per heavy atom. The van der Waals surface area contributed by atoms with Crippen molar-refractivity contribution in [1.29, 1.82) is 0 Å². The Bertz CT molecular complexity index is 470. The van der Waals surface area contributed by atoms with Crippen molar-refractivity contribution in [2.45, 2.75) is 20.8 Å². The van der Waals surface area contributed by atoms with Gasteiger partial charge in [-0.1, -0.05) is 17.7 Å². The second-order valence-corrected chi connectivity index (χ2v) is 3.88. The number of hydrazone groups is 1. The summed E-state index contributed by atoms with van der Waals surface area (Å²) in [5.41, 5.74) is 11.0. The van der Waals surface area contributed by atoms with Crippen molar-refractivity contribution in [2.75, 3.05) is 0 Å². The number of benzene rings is 1. The molecule has 1 rings (SSSR count). The van der Waals surface area contributed by atoms with Gasteiger partial charge in [0, 0.05) is 5.56 Å². The second kappa shape index (κ2) is 5.25. The number of carbonyl (C=O) groups excluding carboxylic acids is 2. The number of rotatable bonds is 2. The molecule has 0 bridgehead atoms. The molecule has 0 saturated heterocycles. The van der Waals surface area contributed by atoms with Gasteiger partial charge in [0.25, 0.3) is 0 Å². The first-order chi connectivity index (χ1) is 7.91. The summed E-state index contributed by atoms with van der Waals surface area (Å²) in [4.78, 5) is 21.3. The van der Waals surface area contributed by atoms with Crippen LogP contribution in [0.3, 0.4) is 0 Å². The van der Waals surface area contributed by atoms with Gasteiger partial charge in [0.2, 0.25) is 0 Å². The molecule has 0 aromatic heterocycles. The first-order valence-corrected chi connectivity index (χ1v) is 5.12. The largest absolute Gasteiger partial charge is 0.361 e. The van der Waals surface area contributed by atoms with Crippen LogP contribution in [0.1, 0.15) is 22.3 Å². The summed E-state index contributed by atoms with van der Waals surface area (Å²) >= 11 is 0. The van der Waals surface area contributed by atoms with Gasteiger partial charge in [0.05, 0.1) is 6.21 Å². The Labute approximate surface area is 99.7 Å². The Balaban J connectivity index is 2.85.